The molecule has 2 aromatic rings. The molecule has 1 unspecified atom stereocenters. The first kappa shape index (κ1) is 16.4. The molecule has 0 aromatic heterocycles. The largest absolute Gasteiger partial charge is 0.397 e. The number of benzene rings is 2. The predicted molar refractivity (Wildman–Crippen MR) is 99.2 cm³/mol. The molecule has 0 bridgehead atoms. The number of carbonyl (C=O) groups excluding carboxylic acids is 1. The van der Waals surface area contributed by atoms with E-state index in [2.05, 4.69) is 41.8 Å². The van der Waals surface area contributed by atoms with Crippen molar-refractivity contribution in [3.8, 4) is 0 Å². The van der Waals surface area contributed by atoms with Gasteiger partial charge in [0.25, 0.3) is 5.91 Å². The molecule has 0 aliphatic heterocycles. The van der Waals surface area contributed by atoms with Crippen LogP contribution >= 0.6 is 0 Å². The third kappa shape index (κ3) is 4.51. The molecule has 4 N–H and O–H groups in total. The maximum absolute atomic E-state index is 12.1. The van der Waals surface area contributed by atoms with Crippen molar-refractivity contribution in [3.05, 3.63) is 59.7 Å². The number of carbonyl (C=O) groups is 1. The lowest BCUT2D eigenvalue weighted by atomic mass is 10.1. The van der Waals surface area contributed by atoms with E-state index in [0.717, 1.165) is 31.4 Å². The van der Waals surface area contributed by atoms with Crippen molar-refractivity contribution in [1.82, 2.24) is 5.32 Å². The van der Waals surface area contributed by atoms with Crippen LogP contribution in [-0.4, -0.2) is 18.0 Å². The average molecular weight is 323 g/mol. The Morgan fingerprint density at radius 2 is 1.96 bits per heavy atom. The summed E-state index contributed by atoms with van der Waals surface area (Å²) in [5.41, 5.74) is 9.59. The van der Waals surface area contributed by atoms with Gasteiger partial charge in [0.15, 0.2) is 0 Å². The molecule has 4 heteroatoms. The van der Waals surface area contributed by atoms with Crippen molar-refractivity contribution in [1.29, 1.82) is 0 Å². The van der Waals surface area contributed by atoms with Crippen LogP contribution in [0.3, 0.4) is 0 Å². The molecule has 1 saturated carbocycles. The van der Waals surface area contributed by atoms with Gasteiger partial charge in [0.2, 0.25) is 0 Å². The lowest BCUT2D eigenvalue weighted by molar-refractivity contribution is 0.0951. The lowest BCUT2D eigenvalue weighted by Crippen LogP contribution is -2.25. The second-order valence-corrected chi connectivity index (χ2v) is 6.62. The molecule has 2 aromatic carbocycles. The fourth-order valence-corrected chi connectivity index (χ4v) is 2.70. The zero-order valence-corrected chi connectivity index (χ0v) is 14.1. The standard InChI is InChI=1S/C20H25N3O/c1-14(7-8-15-5-3-2-4-6-15)22-19-12-9-16(13-18(19)21)20(24)23-17-10-11-17/h2-6,9,12-14,17,22H,7-8,10-11,21H2,1H3,(H,23,24). The number of nitrogens with two attached hydrogens (primary N) is 1. The van der Waals surface area contributed by atoms with Crippen LogP contribution in [0.25, 0.3) is 0 Å². The lowest BCUT2D eigenvalue weighted by Gasteiger charge is -2.17. The Balaban J connectivity index is 1.55. The number of nitrogens with one attached hydrogen (secondary N) is 2. The van der Waals surface area contributed by atoms with Crippen molar-refractivity contribution in [2.24, 2.45) is 0 Å². The summed E-state index contributed by atoms with van der Waals surface area (Å²) in [7, 11) is 0. The smallest absolute Gasteiger partial charge is 0.251 e. The molecule has 0 radical (unpaired) electrons. The van der Waals surface area contributed by atoms with E-state index in [1.807, 2.05) is 18.2 Å². The van der Waals surface area contributed by atoms with Crippen LogP contribution in [0.5, 0.6) is 0 Å². The summed E-state index contributed by atoms with van der Waals surface area (Å²) in [6.45, 7) is 2.15. The molecule has 1 aliphatic carbocycles. The van der Waals surface area contributed by atoms with Gasteiger partial charge in [-0.15, -0.1) is 0 Å². The Morgan fingerprint density at radius 3 is 2.62 bits per heavy atom. The monoisotopic (exact) mass is 323 g/mol. The Bertz CT molecular complexity index is 695. The highest BCUT2D eigenvalue weighted by Gasteiger charge is 2.24. The molecule has 1 fully saturated rings. The summed E-state index contributed by atoms with van der Waals surface area (Å²) < 4.78 is 0. The third-order valence-corrected chi connectivity index (χ3v) is 4.34. The normalized spacial score (nSPS) is 14.9. The molecule has 126 valence electrons. The fraction of sp³-hybridized carbons (Fsp3) is 0.350. The quantitative estimate of drug-likeness (QED) is 0.682. The first-order chi connectivity index (χ1) is 11.6. The van der Waals surface area contributed by atoms with E-state index in [1.54, 1.807) is 6.07 Å². The van der Waals surface area contributed by atoms with Crippen molar-refractivity contribution in [3.63, 3.8) is 0 Å². The van der Waals surface area contributed by atoms with Gasteiger partial charge in [-0.3, -0.25) is 4.79 Å². The first-order valence-electron chi connectivity index (χ1n) is 8.62. The van der Waals surface area contributed by atoms with Crippen molar-refractivity contribution < 1.29 is 4.79 Å². The second kappa shape index (κ2) is 7.39. The molecule has 24 heavy (non-hydrogen) atoms. The summed E-state index contributed by atoms with van der Waals surface area (Å²) in [4.78, 5) is 12.1. The number of nitrogen functional groups attached to an aromatic ring is 1. The number of hydrogen-bond acceptors (Lipinski definition) is 3. The van der Waals surface area contributed by atoms with Crippen molar-refractivity contribution in [2.75, 3.05) is 11.1 Å². The van der Waals surface area contributed by atoms with Gasteiger partial charge in [-0.25, -0.2) is 0 Å². The number of amides is 1. The molecule has 1 aliphatic rings. The number of hydrogen-bond donors (Lipinski definition) is 3. The van der Waals surface area contributed by atoms with E-state index in [-0.39, 0.29) is 5.91 Å². The van der Waals surface area contributed by atoms with Gasteiger partial charge in [0, 0.05) is 17.6 Å². The Morgan fingerprint density at radius 1 is 1.21 bits per heavy atom. The first-order valence-corrected chi connectivity index (χ1v) is 8.62. The van der Waals surface area contributed by atoms with Gasteiger partial charge < -0.3 is 16.4 Å². The Kier molecular flexibility index (Phi) is 5.04. The minimum atomic E-state index is -0.0344. The van der Waals surface area contributed by atoms with Gasteiger partial charge >= 0.3 is 0 Å². The molecule has 1 amide bonds. The summed E-state index contributed by atoms with van der Waals surface area (Å²) in [6, 6.07) is 16.6. The van der Waals surface area contributed by atoms with E-state index >= 15 is 0 Å². The van der Waals surface area contributed by atoms with E-state index in [4.69, 9.17) is 5.73 Å². The van der Waals surface area contributed by atoms with E-state index in [1.165, 1.54) is 5.56 Å². The highest BCUT2D eigenvalue weighted by molar-refractivity contribution is 5.96. The van der Waals surface area contributed by atoms with E-state index < -0.39 is 0 Å². The number of anilines is 2. The highest BCUT2D eigenvalue weighted by atomic mass is 16.1. The summed E-state index contributed by atoms with van der Waals surface area (Å²) in [5, 5.41) is 6.42. The van der Waals surface area contributed by atoms with Crippen LogP contribution in [0, 0.1) is 0 Å². The van der Waals surface area contributed by atoms with Crippen LogP contribution in [-0.2, 0) is 6.42 Å². The van der Waals surface area contributed by atoms with Crippen molar-refractivity contribution in [2.45, 2.75) is 44.7 Å². The van der Waals surface area contributed by atoms with E-state index in [9.17, 15) is 4.79 Å². The molecule has 1 atom stereocenters. The van der Waals surface area contributed by atoms with Gasteiger partial charge in [-0.05, 0) is 56.4 Å². The highest BCUT2D eigenvalue weighted by Crippen LogP contribution is 2.23. The molecular weight excluding hydrogens is 298 g/mol. The Hall–Kier alpha value is -2.49. The zero-order chi connectivity index (χ0) is 16.9. The van der Waals surface area contributed by atoms with Crippen LogP contribution in [0.4, 0.5) is 11.4 Å². The summed E-state index contributed by atoms with van der Waals surface area (Å²) in [6.07, 6.45) is 4.21. The van der Waals surface area contributed by atoms with Crippen molar-refractivity contribution >= 4 is 17.3 Å². The van der Waals surface area contributed by atoms with E-state index in [0.29, 0.717) is 23.3 Å². The van der Waals surface area contributed by atoms with Crippen LogP contribution in [0.15, 0.2) is 48.5 Å². The van der Waals surface area contributed by atoms with Gasteiger partial charge in [-0.1, -0.05) is 30.3 Å². The minimum absolute atomic E-state index is 0.0344. The predicted octanol–water partition coefficient (Wildman–Crippen LogP) is 3.59. The topological polar surface area (TPSA) is 67.2 Å². The summed E-state index contributed by atoms with van der Waals surface area (Å²) in [5.74, 6) is -0.0344. The maximum atomic E-state index is 12.1. The molecule has 0 saturated heterocycles. The Labute approximate surface area is 143 Å². The molecule has 0 heterocycles. The molecule has 3 rings (SSSR count). The second-order valence-electron chi connectivity index (χ2n) is 6.62. The average Bonchev–Trinajstić information content (AvgIpc) is 3.39. The molecule has 0 spiro atoms. The zero-order valence-electron chi connectivity index (χ0n) is 14.1. The van der Waals surface area contributed by atoms with Crippen LogP contribution in [0.2, 0.25) is 0 Å². The number of aryl methyl sites for hydroxylation is 1. The SMILES string of the molecule is CC(CCc1ccccc1)Nc1ccc(C(=O)NC2CC2)cc1N. The van der Waals surface area contributed by atoms with Gasteiger partial charge in [-0.2, -0.15) is 0 Å². The van der Waals surface area contributed by atoms with Crippen LogP contribution < -0.4 is 16.4 Å². The minimum Gasteiger partial charge on any atom is -0.397 e. The third-order valence-electron chi connectivity index (χ3n) is 4.34. The van der Waals surface area contributed by atoms with Crippen LogP contribution in [0.1, 0.15) is 42.1 Å². The maximum Gasteiger partial charge on any atom is 0.251 e. The molecule has 4 nitrogen and oxygen atoms in total. The van der Waals surface area contributed by atoms with Gasteiger partial charge in [0.1, 0.15) is 0 Å². The molecular formula is C20H25N3O. The van der Waals surface area contributed by atoms with Gasteiger partial charge in [0.05, 0.1) is 11.4 Å². The summed E-state index contributed by atoms with van der Waals surface area (Å²) >= 11 is 0. The fourth-order valence-electron chi connectivity index (χ4n) is 2.70. The number of rotatable bonds is 7.